The fourth-order valence-electron chi connectivity index (χ4n) is 3.89. The zero-order valence-electron chi connectivity index (χ0n) is 18.3. The van der Waals surface area contributed by atoms with Gasteiger partial charge in [0.2, 0.25) is 6.79 Å². The molecule has 0 radical (unpaired) electrons. The van der Waals surface area contributed by atoms with E-state index in [0.717, 1.165) is 38.0 Å². The number of anilines is 2. The summed E-state index contributed by atoms with van der Waals surface area (Å²) in [6.07, 6.45) is 2.97. The van der Waals surface area contributed by atoms with Gasteiger partial charge in [0, 0.05) is 49.8 Å². The van der Waals surface area contributed by atoms with Gasteiger partial charge in [-0.3, -0.25) is 9.59 Å². The van der Waals surface area contributed by atoms with Gasteiger partial charge in [0.1, 0.15) is 0 Å². The summed E-state index contributed by atoms with van der Waals surface area (Å²) < 4.78 is 16.0. The quantitative estimate of drug-likeness (QED) is 0.582. The topological polar surface area (TPSA) is 89.1 Å². The summed E-state index contributed by atoms with van der Waals surface area (Å²) in [6.45, 7) is 5.76. The van der Waals surface area contributed by atoms with Crippen LogP contribution < -0.4 is 25.0 Å². The minimum Gasteiger partial charge on any atom is -0.454 e. The Morgan fingerprint density at radius 3 is 2.66 bits per heavy atom. The monoisotopic (exact) mass is 439 g/mol. The molecule has 2 amide bonds. The van der Waals surface area contributed by atoms with Gasteiger partial charge in [0.15, 0.2) is 11.5 Å². The van der Waals surface area contributed by atoms with Crippen LogP contribution in [0.4, 0.5) is 11.4 Å². The Balaban J connectivity index is 1.49. The zero-order valence-corrected chi connectivity index (χ0v) is 18.3. The Labute approximate surface area is 187 Å². The van der Waals surface area contributed by atoms with Gasteiger partial charge in [-0.25, -0.2) is 0 Å². The zero-order chi connectivity index (χ0) is 22.3. The van der Waals surface area contributed by atoms with Crippen LogP contribution in [0.2, 0.25) is 0 Å². The Morgan fingerprint density at radius 1 is 1.03 bits per heavy atom. The van der Waals surface area contributed by atoms with E-state index in [2.05, 4.69) is 15.5 Å². The minimum absolute atomic E-state index is 0.150. The number of carbonyl (C=O) groups is 2. The second-order valence-electron chi connectivity index (χ2n) is 7.75. The molecule has 0 saturated carbocycles. The van der Waals surface area contributed by atoms with Crippen LogP contribution in [0.5, 0.6) is 11.5 Å². The first-order valence-electron chi connectivity index (χ1n) is 11.1. The first kappa shape index (κ1) is 22.0. The van der Waals surface area contributed by atoms with Crippen molar-refractivity contribution in [3.63, 3.8) is 0 Å². The maximum absolute atomic E-state index is 13.0. The SMILES string of the molecule is CCOCCCNC(=O)c1cc(NC(=O)c2ccc3c(c2)OCO3)ccc1N1CCCC1. The third-order valence-corrected chi connectivity index (χ3v) is 5.54. The van der Waals surface area contributed by atoms with Crippen LogP contribution in [0.1, 0.15) is 46.9 Å². The summed E-state index contributed by atoms with van der Waals surface area (Å²) in [5, 5.41) is 5.87. The molecule has 0 spiro atoms. The molecule has 2 aromatic carbocycles. The van der Waals surface area contributed by atoms with Crippen LogP contribution in [-0.4, -0.2) is 51.5 Å². The molecule has 170 valence electrons. The molecule has 2 aromatic rings. The number of hydrogen-bond donors (Lipinski definition) is 2. The van der Waals surface area contributed by atoms with Crippen molar-refractivity contribution in [2.75, 3.05) is 49.9 Å². The Morgan fingerprint density at radius 2 is 1.84 bits per heavy atom. The van der Waals surface area contributed by atoms with Gasteiger partial charge in [-0.1, -0.05) is 0 Å². The van der Waals surface area contributed by atoms with E-state index >= 15 is 0 Å². The number of benzene rings is 2. The molecule has 2 N–H and O–H groups in total. The summed E-state index contributed by atoms with van der Waals surface area (Å²) in [4.78, 5) is 28.0. The molecule has 2 aliphatic rings. The summed E-state index contributed by atoms with van der Waals surface area (Å²) in [5.74, 6) is 0.747. The molecule has 2 heterocycles. The third-order valence-electron chi connectivity index (χ3n) is 5.54. The predicted octanol–water partition coefficient (Wildman–Crippen LogP) is 3.42. The number of ether oxygens (including phenoxy) is 3. The predicted molar refractivity (Wildman–Crippen MR) is 122 cm³/mol. The van der Waals surface area contributed by atoms with E-state index in [9.17, 15) is 9.59 Å². The van der Waals surface area contributed by atoms with Crippen LogP contribution in [-0.2, 0) is 4.74 Å². The highest BCUT2D eigenvalue weighted by Gasteiger charge is 2.21. The Kier molecular flexibility index (Phi) is 7.11. The summed E-state index contributed by atoms with van der Waals surface area (Å²) >= 11 is 0. The second-order valence-corrected chi connectivity index (χ2v) is 7.75. The van der Waals surface area contributed by atoms with Gasteiger partial charge in [-0.2, -0.15) is 0 Å². The maximum atomic E-state index is 13.0. The van der Waals surface area contributed by atoms with Gasteiger partial charge in [-0.15, -0.1) is 0 Å². The lowest BCUT2D eigenvalue weighted by atomic mass is 10.1. The Bertz CT molecular complexity index is 972. The van der Waals surface area contributed by atoms with E-state index < -0.39 is 0 Å². The maximum Gasteiger partial charge on any atom is 0.255 e. The highest BCUT2D eigenvalue weighted by atomic mass is 16.7. The van der Waals surface area contributed by atoms with Crippen molar-refractivity contribution in [3.05, 3.63) is 47.5 Å². The summed E-state index contributed by atoms with van der Waals surface area (Å²) in [6, 6.07) is 10.6. The molecular weight excluding hydrogens is 410 g/mol. The average Bonchev–Trinajstić information content (AvgIpc) is 3.50. The molecule has 4 rings (SSSR count). The smallest absolute Gasteiger partial charge is 0.255 e. The normalized spacial score (nSPS) is 14.5. The highest BCUT2D eigenvalue weighted by molar-refractivity contribution is 6.06. The van der Waals surface area contributed by atoms with Crippen molar-refractivity contribution >= 4 is 23.2 Å². The van der Waals surface area contributed by atoms with Gasteiger partial charge >= 0.3 is 0 Å². The van der Waals surface area contributed by atoms with Crippen molar-refractivity contribution in [1.29, 1.82) is 0 Å². The molecule has 8 nitrogen and oxygen atoms in total. The lowest BCUT2D eigenvalue weighted by molar-refractivity contribution is 0.0943. The number of nitrogens with one attached hydrogen (secondary N) is 2. The molecule has 0 bridgehead atoms. The third kappa shape index (κ3) is 5.13. The van der Waals surface area contributed by atoms with Crippen molar-refractivity contribution in [2.24, 2.45) is 0 Å². The van der Waals surface area contributed by atoms with E-state index in [0.29, 0.717) is 48.1 Å². The minimum atomic E-state index is -0.278. The van der Waals surface area contributed by atoms with E-state index in [4.69, 9.17) is 14.2 Å². The number of amides is 2. The largest absolute Gasteiger partial charge is 0.454 e. The number of fused-ring (bicyclic) bond motifs is 1. The lowest BCUT2D eigenvalue weighted by Crippen LogP contribution is -2.29. The number of rotatable bonds is 9. The van der Waals surface area contributed by atoms with Crippen molar-refractivity contribution in [2.45, 2.75) is 26.2 Å². The fourth-order valence-corrected chi connectivity index (χ4v) is 3.89. The van der Waals surface area contributed by atoms with E-state index in [1.54, 1.807) is 24.3 Å². The Hall–Kier alpha value is -3.26. The van der Waals surface area contributed by atoms with Crippen LogP contribution in [0.15, 0.2) is 36.4 Å². The molecular formula is C24H29N3O5. The van der Waals surface area contributed by atoms with Crippen molar-refractivity contribution in [1.82, 2.24) is 5.32 Å². The number of carbonyl (C=O) groups excluding carboxylic acids is 2. The van der Waals surface area contributed by atoms with Crippen LogP contribution >= 0.6 is 0 Å². The van der Waals surface area contributed by atoms with Gasteiger partial charge in [0.25, 0.3) is 11.8 Å². The molecule has 0 aromatic heterocycles. The molecule has 0 atom stereocenters. The van der Waals surface area contributed by atoms with E-state index in [-0.39, 0.29) is 18.6 Å². The summed E-state index contributed by atoms with van der Waals surface area (Å²) in [7, 11) is 0. The van der Waals surface area contributed by atoms with E-state index in [1.165, 1.54) is 0 Å². The average molecular weight is 440 g/mol. The lowest BCUT2D eigenvalue weighted by Gasteiger charge is -2.22. The van der Waals surface area contributed by atoms with Crippen molar-refractivity contribution < 1.29 is 23.8 Å². The van der Waals surface area contributed by atoms with E-state index in [1.807, 2.05) is 19.1 Å². The highest BCUT2D eigenvalue weighted by Crippen LogP contribution is 2.33. The standard InChI is InChI=1S/C24H29N3O5/c1-2-30-13-5-10-25-24(29)19-15-18(7-8-20(19)27-11-3-4-12-27)26-23(28)17-6-9-21-22(14-17)32-16-31-21/h6-9,14-15H,2-5,10-13,16H2,1H3,(H,25,29)(H,26,28). The van der Waals surface area contributed by atoms with Gasteiger partial charge in [0.05, 0.1) is 5.56 Å². The van der Waals surface area contributed by atoms with Crippen molar-refractivity contribution in [3.8, 4) is 11.5 Å². The van der Waals surface area contributed by atoms with Crippen LogP contribution in [0, 0.1) is 0 Å². The van der Waals surface area contributed by atoms with Crippen LogP contribution in [0.25, 0.3) is 0 Å². The molecule has 1 saturated heterocycles. The molecule has 32 heavy (non-hydrogen) atoms. The first-order chi connectivity index (χ1) is 15.7. The molecule has 1 fully saturated rings. The van der Waals surface area contributed by atoms with Gasteiger partial charge in [-0.05, 0) is 62.6 Å². The first-order valence-corrected chi connectivity index (χ1v) is 11.1. The molecule has 2 aliphatic heterocycles. The number of nitrogens with zero attached hydrogens (tertiary/aromatic N) is 1. The fraction of sp³-hybridized carbons (Fsp3) is 0.417. The second kappa shape index (κ2) is 10.4. The van der Waals surface area contributed by atoms with Crippen LogP contribution in [0.3, 0.4) is 0 Å². The molecule has 0 aliphatic carbocycles. The molecule has 8 heteroatoms. The number of hydrogen-bond acceptors (Lipinski definition) is 6. The summed E-state index contributed by atoms with van der Waals surface area (Å²) in [5.41, 5.74) is 2.48. The van der Waals surface area contributed by atoms with Gasteiger partial charge < -0.3 is 29.7 Å². The molecule has 0 unspecified atom stereocenters.